The van der Waals surface area contributed by atoms with E-state index in [9.17, 15) is 13.2 Å². The molecule has 1 aromatic rings. The monoisotopic (exact) mass is 449 g/mol. The molecular formula is C19H29Cl2N3O3S. The van der Waals surface area contributed by atoms with Crippen molar-refractivity contribution in [2.75, 3.05) is 32.7 Å². The molecule has 1 fully saturated rings. The van der Waals surface area contributed by atoms with Crippen molar-refractivity contribution in [2.24, 2.45) is 0 Å². The van der Waals surface area contributed by atoms with Gasteiger partial charge in [0.2, 0.25) is 15.9 Å². The summed E-state index contributed by atoms with van der Waals surface area (Å²) in [6.07, 6.45) is 0.637. The Balaban J connectivity index is 2.17. The molecule has 0 unspecified atom stereocenters. The van der Waals surface area contributed by atoms with Gasteiger partial charge in [-0.1, -0.05) is 23.2 Å². The van der Waals surface area contributed by atoms with E-state index < -0.39 is 10.0 Å². The number of hydrogen-bond acceptors (Lipinski definition) is 4. The number of sulfonamides is 1. The Morgan fingerprint density at radius 3 is 2.39 bits per heavy atom. The smallest absolute Gasteiger partial charge is 0.244 e. The van der Waals surface area contributed by atoms with E-state index in [0.717, 1.165) is 0 Å². The molecule has 158 valence electrons. The number of carbonyl (C=O) groups excluding carboxylic acids is 1. The van der Waals surface area contributed by atoms with E-state index in [1.165, 1.54) is 4.31 Å². The molecule has 1 saturated heterocycles. The Bertz CT molecular complexity index is 825. The molecule has 0 atom stereocenters. The van der Waals surface area contributed by atoms with Gasteiger partial charge in [0.05, 0.1) is 11.6 Å². The molecule has 9 heteroatoms. The fourth-order valence-electron chi connectivity index (χ4n) is 3.26. The highest BCUT2D eigenvalue weighted by atomic mass is 35.5. The predicted molar refractivity (Wildman–Crippen MR) is 114 cm³/mol. The van der Waals surface area contributed by atoms with Crippen molar-refractivity contribution in [3.8, 4) is 0 Å². The first-order valence-electron chi connectivity index (χ1n) is 9.31. The molecule has 0 radical (unpaired) electrons. The summed E-state index contributed by atoms with van der Waals surface area (Å²) in [5.74, 6) is -0.0619. The molecule has 1 aliphatic rings. The zero-order valence-corrected chi connectivity index (χ0v) is 19.4. The molecule has 28 heavy (non-hydrogen) atoms. The van der Waals surface area contributed by atoms with Gasteiger partial charge in [-0.05, 0) is 64.8 Å². The second kappa shape index (κ2) is 8.88. The van der Waals surface area contributed by atoms with Crippen LogP contribution in [0.15, 0.2) is 11.0 Å². The highest BCUT2D eigenvalue weighted by molar-refractivity contribution is 7.89. The summed E-state index contributed by atoms with van der Waals surface area (Å²) >= 11 is 12.6. The summed E-state index contributed by atoms with van der Waals surface area (Å²) in [7, 11) is -3.78. The first kappa shape index (κ1) is 23.4. The van der Waals surface area contributed by atoms with Gasteiger partial charge >= 0.3 is 0 Å². The average molecular weight is 450 g/mol. The average Bonchev–Trinajstić information content (AvgIpc) is 2.77. The summed E-state index contributed by atoms with van der Waals surface area (Å²) in [5.41, 5.74) is 0.797. The number of aryl methyl sites for hydroxylation is 1. The van der Waals surface area contributed by atoms with Crippen LogP contribution in [0.25, 0.3) is 0 Å². The highest BCUT2D eigenvalue weighted by Crippen LogP contribution is 2.35. The van der Waals surface area contributed by atoms with Gasteiger partial charge in [-0.3, -0.25) is 9.69 Å². The Morgan fingerprint density at radius 1 is 1.14 bits per heavy atom. The third-order valence-corrected chi connectivity index (χ3v) is 7.68. The van der Waals surface area contributed by atoms with E-state index in [-0.39, 0.29) is 27.9 Å². The first-order valence-corrected chi connectivity index (χ1v) is 11.5. The van der Waals surface area contributed by atoms with Crippen molar-refractivity contribution in [1.82, 2.24) is 14.5 Å². The summed E-state index contributed by atoms with van der Waals surface area (Å²) in [4.78, 5) is 14.2. The maximum atomic E-state index is 13.3. The van der Waals surface area contributed by atoms with Gasteiger partial charge in [-0.15, -0.1) is 0 Å². The van der Waals surface area contributed by atoms with E-state index in [4.69, 9.17) is 23.2 Å². The Hall–Kier alpha value is -0.860. The van der Waals surface area contributed by atoms with Gasteiger partial charge in [0.15, 0.2) is 0 Å². The molecule has 2 rings (SSSR count). The van der Waals surface area contributed by atoms with Gasteiger partial charge < -0.3 is 5.32 Å². The van der Waals surface area contributed by atoms with Gasteiger partial charge in [0.1, 0.15) is 4.90 Å². The molecule has 0 spiro atoms. The molecule has 0 aliphatic carbocycles. The third kappa shape index (κ3) is 5.60. The highest BCUT2D eigenvalue weighted by Gasteiger charge is 2.32. The maximum Gasteiger partial charge on any atom is 0.244 e. The van der Waals surface area contributed by atoms with Crippen LogP contribution in [0.2, 0.25) is 10.0 Å². The molecule has 1 heterocycles. The molecule has 1 amide bonds. The van der Waals surface area contributed by atoms with Crippen LogP contribution in [0.1, 0.15) is 38.3 Å². The van der Waals surface area contributed by atoms with Gasteiger partial charge in [0, 0.05) is 30.2 Å². The fraction of sp³-hybridized carbons (Fsp3) is 0.632. The van der Waals surface area contributed by atoms with Crippen molar-refractivity contribution in [3.05, 3.63) is 27.2 Å². The zero-order chi connectivity index (χ0) is 21.3. The van der Waals surface area contributed by atoms with E-state index in [0.29, 0.717) is 48.7 Å². The summed E-state index contributed by atoms with van der Waals surface area (Å²) in [6, 6.07) is 1.68. The van der Waals surface area contributed by atoms with Gasteiger partial charge in [-0.25, -0.2) is 8.42 Å². The first-order chi connectivity index (χ1) is 12.8. The fourth-order valence-corrected chi connectivity index (χ4v) is 5.89. The van der Waals surface area contributed by atoms with Crippen LogP contribution in [-0.2, 0) is 14.8 Å². The largest absolute Gasteiger partial charge is 0.350 e. The number of amides is 1. The minimum absolute atomic E-state index is 0.0619. The number of carbonyl (C=O) groups is 1. The molecule has 1 aromatic carbocycles. The second-order valence-corrected chi connectivity index (χ2v) is 10.9. The van der Waals surface area contributed by atoms with Crippen molar-refractivity contribution in [1.29, 1.82) is 0 Å². The van der Waals surface area contributed by atoms with Crippen LogP contribution < -0.4 is 5.32 Å². The summed E-state index contributed by atoms with van der Waals surface area (Å²) in [5, 5.41) is 3.54. The van der Waals surface area contributed by atoms with E-state index in [2.05, 4.69) is 5.32 Å². The van der Waals surface area contributed by atoms with Crippen LogP contribution in [0, 0.1) is 13.8 Å². The standard InChI is InChI=1S/C19H29Cl2N3O3S/c1-13-11-15(20)14(2)18(17(13)21)28(26,27)24-8-6-7-23(9-10-24)12-16(25)22-19(3,4)5/h11H,6-10,12H2,1-5H3,(H,22,25). The van der Waals surface area contributed by atoms with Crippen LogP contribution >= 0.6 is 23.2 Å². The lowest BCUT2D eigenvalue weighted by atomic mass is 10.1. The molecule has 6 nitrogen and oxygen atoms in total. The molecule has 0 aromatic heterocycles. The van der Waals surface area contributed by atoms with Gasteiger partial charge in [-0.2, -0.15) is 4.31 Å². The van der Waals surface area contributed by atoms with Crippen molar-refractivity contribution < 1.29 is 13.2 Å². The minimum Gasteiger partial charge on any atom is -0.350 e. The van der Waals surface area contributed by atoms with Crippen LogP contribution in [0.5, 0.6) is 0 Å². The molecule has 1 N–H and O–H groups in total. The zero-order valence-electron chi connectivity index (χ0n) is 17.1. The minimum atomic E-state index is -3.78. The number of nitrogens with zero attached hydrogens (tertiary/aromatic N) is 2. The lowest BCUT2D eigenvalue weighted by Crippen LogP contribution is -2.46. The molecule has 1 aliphatic heterocycles. The number of hydrogen-bond donors (Lipinski definition) is 1. The lowest BCUT2D eigenvalue weighted by molar-refractivity contribution is -0.123. The Labute approximate surface area is 178 Å². The molecule has 0 saturated carbocycles. The third-order valence-electron chi connectivity index (χ3n) is 4.61. The Kier molecular flexibility index (Phi) is 7.42. The van der Waals surface area contributed by atoms with Crippen molar-refractivity contribution >= 4 is 39.1 Å². The van der Waals surface area contributed by atoms with Gasteiger partial charge in [0.25, 0.3) is 0 Å². The van der Waals surface area contributed by atoms with E-state index in [1.54, 1.807) is 19.9 Å². The van der Waals surface area contributed by atoms with E-state index in [1.807, 2.05) is 25.7 Å². The summed E-state index contributed by atoms with van der Waals surface area (Å²) < 4.78 is 28.0. The Morgan fingerprint density at radius 2 is 1.79 bits per heavy atom. The van der Waals surface area contributed by atoms with Crippen molar-refractivity contribution in [2.45, 2.75) is 51.5 Å². The maximum absolute atomic E-state index is 13.3. The number of nitrogens with one attached hydrogen (secondary N) is 1. The number of benzene rings is 1. The van der Waals surface area contributed by atoms with E-state index >= 15 is 0 Å². The normalized spacial score (nSPS) is 17.4. The van der Waals surface area contributed by atoms with Crippen LogP contribution in [0.3, 0.4) is 0 Å². The number of rotatable bonds is 4. The lowest BCUT2D eigenvalue weighted by Gasteiger charge is -2.25. The summed E-state index contributed by atoms with van der Waals surface area (Å²) in [6.45, 7) is 11.3. The number of halogens is 2. The van der Waals surface area contributed by atoms with Crippen LogP contribution in [-0.4, -0.2) is 61.8 Å². The predicted octanol–water partition coefficient (Wildman–Crippen LogP) is 3.22. The topological polar surface area (TPSA) is 69.7 Å². The quantitative estimate of drug-likeness (QED) is 0.765. The molecular weight excluding hydrogens is 421 g/mol. The SMILES string of the molecule is Cc1cc(Cl)c(C)c(S(=O)(=O)N2CCCN(CC(=O)NC(C)(C)C)CC2)c1Cl. The van der Waals surface area contributed by atoms with Crippen LogP contribution in [0.4, 0.5) is 0 Å². The molecule has 0 bridgehead atoms. The van der Waals surface area contributed by atoms with Crippen molar-refractivity contribution in [3.63, 3.8) is 0 Å². The second-order valence-electron chi connectivity index (χ2n) is 8.28.